The number of carbonyl (C=O) groups is 1. The van der Waals surface area contributed by atoms with Gasteiger partial charge in [-0.25, -0.2) is 13.6 Å². The number of aliphatic hydroxyl groups excluding tert-OH is 1. The molecule has 30 heavy (non-hydrogen) atoms. The molecule has 2 saturated heterocycles. The molecule has 1 aliphatic carbocycles. The molecule has 1 saturated carbocycles. The van der Waals surface area contributed by atoms with E-state index in [0.29, 0.717) is 31.0 Å². The number of piperidine rings is 1. The number of nitrogens with one attached hydrogen (secondary N) is 1. The molecule has 2 aliphatic heterocycles. The van der Waals surface area contributed by atoms with Gasteiger partial charge in [-0.15, -0.1) is 0 Å². The first-order valence-electron chi connectivity index (χ1n) is 10.2. The molecule has 3 fully saturated rings. The number of halogens is 2. The van der Waals surface area contributed by atoms with Crippen molar-refractivity contribution in [3.05, 3.63) is 59.7 Å². The van der Waals surface area contributed by atoms with E-state index in [2.05, 4.69) is 17.4 Å². The normalized spacial score (nSPS) is 27.4. The topological polar surface area (TPSA) is 65.0 Å². The van der Waals surface area contributed by atoms with Crippen LogP contribution in [0.3, 0.4) is 0 Å². The highest BCUT2D eigenvalue weighted by molar-refractivity contribution is 5.90. The van der Waals surface area contributed by atoms with Gasteiger partial charge in [-0.3, -0.25) is 4.90 Å². The van der Waals surface area contributed by atoms with Gasteiger partial charge in [-0.2, -0.15) is 0 Å². The van der Waals surface area contributed by atoms with Gasteiger partial charge in [-0.1, -0.05) is 30.3 Å². The quantitative estimate of drug-likeness (QED) is 0.759. The molecule has 6 nitrogen and oxygen atoms in total. The Morgan fingerprint density at radius 2 is 1.73 bits per heavy atom. The zero-order valence-electron chi connectivity index (χ0n) is 16.3. The number of rotatable bonds is 6. The fraction of sp³-hybridized carbons (Fsp3) is 0.409. The highest BCUT2D eigenvalue weighted by Crippen LogP contribution is 2.48. The van der Waals surface area contributed by atoms with Crippen LogP contribution in [0.2, 0.25) is 0 Å². The summed E-state index contributed by atoms with van der Waals surface area (Å²) in [4.78, 5) is 14.8. The lowest BCUT2D eigenvalue weighted by atomic mass is 10.2. The third-order valence-electron chi connectivity index (χ3n) is 6.29. The molecular formula is C22H23F2N3O3. The van der Waals surface area contributed by atoms with Crippen LogP contribution in [0.1, 0.15) is 5.56 Å². The average Bonchev–Trinajstić information content (AvgIpc) is 3.04. The van der Waals surface area contributed by atoms with Crippen molar-refractivity contribution in [2.45, 2.75) is 18.7 Å². The lowest BCUT2D eigenvalue weighted by Gasteiger charge is -2.24. The van der Waals surface area contributed by atoms with Crippen molar-refractivity contribution in [2.24, 2.45) is 11.8 Å². The zero-order valence-corrected chi connectivity index (χ0v) is 16.3. The Morgan fingerprint density at radius 3 is 2.33 bits per heavy atom. The van der Waals surface area contributed by atoms with Crippen LogP contribution in [0.5, 0.6) is 0 Å². The summed E-state index contributed by atoms with van der Waals surface area (Å²) in [5, 5.41) is 12.7. The van der Waals surface area contributed by atoms with Gasteiger partial charge in [0.25, 0.3) is 0 Å². The standard InChI is InChI=1S/C22H23F2N3O3/c23-18-6-14(27-9-15(12-28)30-22(27)29)7-19(24)21(18)26-10-16-17(11-26)20(16)25-8-13-4-2-1-3-5-13/h1-7,15-17,20,25,28H,8-12H2/t15-,16-,17+,20?/m1/s1. The second-order valence-electron chi connectivity index (χ2n) is 8.18. The molecule has 2 heterocycles. The van der Waals surface area contributed by atoms with Gasteiger partial charge in [0.15, 0.2) is 11.6 Å². The first kappa shape index (κ1) is 19.3. The van der Waals surface area contributed by atoms with E-state index in [-0.39, 0.29) is 24.5 Å². The van der Waals surface area contributed by atoms with Crippen molar-refractivity contribution in [1.82, 2.24) is 5.32 Å². The van der Waals surface area contributed by atoms with Crippen LogP contribution < -0.4 is 15.1 Å². The van der Waals surface area contributed by atoms with Crippen molar-refractivity contribution in [1.29, 1.82) is 0 Å². The van der Waals surface area contributed by atoms with E-state index in [1.807, 2.05) is 18.2 Å². The molecule has 1 unspecified atom stereocenters. The number of benzene rings is 2. The van der Waals surface area contributed by atoms with E-state index in [0.717, 1.165) is 23.6 Å². The molecule has 2 aromatic carbocycles. The third-order valence-corrected chi connectivity index (χ3v) is 6.29. The molecule has 0 aromatic heterocycles. The summed E-state index contributed by atoms with van der Waals surface area (Å²) < 4.78 is 34.6. The molecular weight excluding hydrogens is 392 g/mol. The number of hydrogen-bond donors (Lipinski definition) is 2. The first-order valence-corrected chi connectivity index (χ1v) is 10.2. The van der Waals surface area contributed by atoms with Crippen molar-refractivity contribution in [3.8, 4) is 0 Å². The van der Waals surface area contributed by atoms with Crippen LogP contribution in [0.15, 0.2) is 42.5 Å². The van der Waals surface area contributed by atoms with E-state index in [9.17, 15) is 13.6 Å². The van der Waals surface area contributed by atoms with Crippen molar-refractivity contribution >= 4 is 17.5 Å². The Hall–Kier alpha value is -2.71. The largest absolute Gasteiger partial charge is 0.441 e. The minimum Gasteiger partial charge on any atom is -0.441 e. The summed E-state index contributed by atoms with van der Waals surface area (Å²) in [7, 11) is 0. The van der Waals surface area contributed by atoms with E-state index in [1.54, 1.807) is 4.90 Å². The van der Waals surface area contributed by atoms with E-state index in [4.69, 9.17) is 9.84 Å². The fourth-order valence-corrected chi connectivity index (χ4v) is 4.68. The van der Waals surface area contributed by atoms with Gasteiger partial charge in [0, 0.05) is 37.8 Å². The average molecular weight is 415 g/mol. The van der Waals surface area contributed by atoms with Gasteiger partial charge in [0.05, 0.1) is 18.8 Å². The Morgan fingerprint density at radius 1 is 1.07 bits per heavy atom. The minimum absolute atomic E-state index is 0.0426. The molecule has 3 aliphatic rings. The molecule has 8 heteroatoms. The van der Waals surface area contributed by atoms with Crippen LogP contribution in [0, 0.1) is 23.5 Å². The van der Waals surface area contributed by atoms with Crippen molar-refractivity contribution < 1.29 is 23.4 Å². The number of amides is 1. The number of aliphatic hydroxyl groups is 1. The summed E-state index contributed by atoms with van der Waals surface area (Å²) >= 11 is 0. The molecule has 5 rings (SSSR count). The second kappa shape index (κ2) is 7.52. The molecule has 0 radical (unpaired) electrons. The Balaban J connectivity index is 1.23. The Labute approximate surface area is 173 Å². The lowest BCUT2D eigenvalue weighted by Crippen LogP contribution is -2.32. The maximum Gasteiger partial charge on any atom is 0.414 e. The zero-order chi connectivity index (χ0) is 20.8. The Bertz CT molecular complexity index is 923. The minimum atomic E-state index is -0.713. The van der Waals surface area contributed by atoms with Gasteiger partial charge in [0.2, 0.25) is 0 Å². The highest BCUT2D eigenvalue weighted by Gasteiger charge is 2.56. The lowest BCUT2D eigenvalue weighted by molar-refractivity contribution is 0.0963. The van der Waals surface area contributed by atoms with E-state index < -0.39 is 23.8 Å². The summed E-state index contributed by atoms with van der Waals surface area (Å²) in [6, 6.07) is 12.8. The van der Waals surface area contributed by atoms with Crippen LogP contribution in [0.4, 0.5) is 25.0 Å². The number of hydrogen-bond acceptors (Lipinski definition) is 5. The summed E-state index contributed by atoms with van der Waals surface area (Å²) in [6.07, 6.45) is -1.40. The van der Waals surface area contributed by atoms with Gasteiger partial charge in [-0.05, 0) is 17.4 Å². The summed E-state index contributed by atoms with van der Waals surface area (Å²) in [5.41, 5.74) is 1.27. The first-order chi connectivity index (χ1) is 14.5. The molecule has 0 bridgehead atoms. The second-order valence-corrected chi connectivity index (χ2v) is 8.18. The van der Waals surface area contributed by atoms with Crippen molar-refractivity contribution in [2.75, 3.05) is 36.0 Å². The maximum absolute atomic E-state index is 14.8. The van der Waals surface area contributed by atoms with E-state index >= 15 is 0 Å². The molecule has 2 aromatic rings. The Kier molecular flexibility index (Phi) is 4.83. The fourth-order valence-electron chi connectivity index (χ4n) is 4.68. The van der Waals surface area contributed by atoms with Crippen LogP contribution in [-0.4, -0.2) is 49.6 Å². The number of anilines is 2. The number of carbonyl (C=O) groups excluding carboxylic acids is 1. The monoisotopic (exact) mass is 415 g/mol. The van der Waals surface area contributed by atoms with Crippen LogP contribution >= 0.6 is 0 Å². The van der Waals surface area contributed by atoms with Crippen LogP contribution in [0.25, 0.3) is 0 Å². The summed E-state index contributed by atoms with van der Waals surface area (Å²) in [6.45, 7) is 1.72. The van der Waals surface area contributed by atoms with Gasteiger partial charge >= 0.3 is 6.09 Å². The van der Waals surface area contributed by atoms with Gasteiger partial charge < -0.3 is 20.1 Å². The highest BCUT2D eigenvalue weighted by atomic mass is 19.1. The maximum atomic E-state index is 14.8. The number of cyclic esters (lactones) is 1. The summed E-state index contributed by atoms with van der Waals surface area (Å²) in [5.74, 6) is -0.627. The van der Waals surface area contributed by atoms with E-state index in [1.165, 1.54) is 5.56 Å². The number of fused-ring (bicyclic) bond motifs is 1. The smallest absolute Gasteiger partial charge is 0.414 e. The SMILES string of the molecule is O=C1O[C@@H](CO)CN1c1cc(F)c(N2C[C@@H]3C(NCc4ccccc4)[C@@H]3C2)c(F)c1. The predicted molar refractivity (Wildman–Crippen MR) is 107 cm³/mol. The molecule has 158 valence electrons. The molecule has 4 atom stereocenters. The van der Waals surface area contributed by atoms with Crippen LogP contribution in [-0.2, 0) is 11.3 Å². The third kappa shape index (κ3) is 3.40. The molecule has 2 N–H and O–H groups in total. The molecule has 0 spiro atoms. The predicted octanol–water partition coefficient (Wildman–Crippen LogP) is 2.51. The van der Waals surface area contributed by atoms with Gasteiger partial charge in [0.1, 0.15) is 11.8 Å². The number of ether oxygens (including phenoxy) is 1. The van der Waals surface area contributed by atoms with Crippen molar-refractivity contribution in [3.63, 3.8) is 0 Å². The number of nitrogens with zero attached hydrogens (tertiary/aromatic N) is 2. The molecule has 1 amide bonds.